The quantitative estimate of drug-likeness (QED) is 0.710. The van der Waals surface area contributed by atoms with Gasteiger partial charge in [0.05, 0.1) is 13.2 Å². The summed E-state index contributed by atoms with van der Waals surface area (Å²) in [5, 5.41) is 19.0. The first-order valence-corrected chi connectivity index (χ1v) is 5.87. The molecule has 0 saturated heterocycles. The highest BCUT2D eigenvalue weighted by atomic mass is 16.3. The highest BCUT2D eigenvalue weighted by Crippen LogP contribution is 2.37. The van der Waals surface area contributed by atoms with Gasteiger partial charge in [0.2, 0.25) is 0 Å². The highest BCUT2D eigenvalue weighted by Gasteiger charge is 2.34. The molecule has 0 aromatic carbocycles. The Bertz CT molecular complexity index is 261. The highest BCUT2D eigenvalue weighted by molar-refractivity contribution is 5.20. The molecule has 0 saturated carbocycles. The summed E-state index contributed by atoms with van der Waals surface area (Å²) in [6.45, 7) is 1.22. The van der Waals surface area contributed by atoms with Gasteiger partial charge in [-0.2, -0.15) is 0 Å². The fraction of sp³-hybridized carbons (Fsp3) is 0.692. The van der Waals surface area contributed by atoms with Crippen LogP contribution in [0.25, 0.3) is 0 Å². The molecule has 16 heavy (non-hydrogen) atoms. The van der Waals surface area contributed by atoms with E-state index in [4.69, 9.17) is 0 Å². The number of aliphatic hydroxyl groups is 2. The van der Waals surface area contributed by atoms with E-state index in [9.17, 15) is 10.2 Å². The molecule has 2 N–H and O–H groups in total. The Kier molecular flexibility index (Phi) is 5.19. The maximum absolute atomic E-state index is 9.60. The first-order chi connectivity index (χ1) is 7.64. The molecule has 92 valence electrons. The first kappa shape index (κ1) is 13.4. The van der Waals surface area contributed by atoms with Crippen LogP contribution in [0.5, 0.6) is 0 Å². The van der Waals surface area contributed by atoms with E-state index in [1.807, 2.05) is 38.4 Å². The van der Waals surface area contributed by atoms with Crippen molar-refractivity contribution in [2.75, 3.05) is 33.9 Å². The fourth-order valence-corrected chi connectivity index (χ4v) is 2.25. The second kappa shape index (κ2) is 6.18. The summed E-state index contributed by atoms with van der Waals surface area (Å²) < 4.78 is 0. The lowest BCUT2D eigenvalue weighted by atomic mass is 9.70. The van der Waals surface area contributed by atoms with Crippen molar-refractivity contribution in [2.24, 2.45) is 11.3 Å². The van der Waals surface area contributed by atoms with Gasteiger partial charge in [0.25, 0.3) is 0 Å². The van der Waals surface area contributed by atoms with E-state index in [0.29, 0.717) is 0 Å². The van der Waals surface area contributed by atoms with Crippen LogP contribution in [0, 0.1) is 11.3 Å². The number of allylic oxidation sites excluding steroid dienone is 2. The van der Waals surface area contributed by atoms with E-state index >= 15 is 0 Å². The Morgan fingerprint density at radius 1 is 1.25 bits per heavy atom. The van der Waals surface area contributed by atoms with Crippen LogP contribution in [0.15, 0.2) is 24.3 Å². The van der Waals surface area contributed by atoms with Gasteiger partial charge in [-0.15, -0.1) is 0 Å². The van der Waals surface area contributed by atoms with Gasteiger partial charge in [-0.3, -0.25) is 0 Å². The molecule has 0 aromatic rings. The number of hydrogen-bond donors (Lipinski definition) is 2. The van der Waals surface area contributed by atoms with Crippen LogP contribution in [0.1, 0.15) is 12.8 Å². The van der Waals surface area contributed by atoms with Crippen molar-refractivity contribution in [1.82, 2.24) is 4.90 Å². The maximum atomic E-state index is 9.60. The zero-order valence-electron chi connectivity index (χ0n) is 10.3. The summed E-state index contributed by atoms with van der Waals surface area (Å²) in [7, 11) is 4.09. The van der Waals surface area contributed by atoms with E-state index < -0.39 is 0 Å². The predicted molar refractivity (Wildman–Crippen MR) is 66.2 cm³/mol. The summed E-state index contributed by atoms with van der Waals surface area (Å²) in [6.07, 6.45) is 9.89. The second-order valence-electron chi connectivity index (χ2n) is 4.83. The van der Waals surface area contributed by atoms with Gasteiger partial charge in [0.15, 0.2) is 0 Å². The Morgan fingerprint density at radius 2 is 2.00 bits per heavy atom. The third-order valence-electron chi connectivity index (χ3n) is 3.36. The molecule has 3 nitrogen and oxygen atoms in total. The van der Waals surface area contributed by atoms with E-state index in [-0.39, 0.29) is 24.5 Å². The average molecular weight is 225 g/mol. The third kappa shape index (κ3) is 3.17. The number of aliphatic hydroxyl groups excluding tert-OH is 2. The summed E-state index contributed by atoms with van der Waals surface area (Å²) in [5.41, 5.74) is -0.264. The third-order valence-corrected chi connectivity index (χ3v) is 3.36. The molecule has 1 aliphatic rings. The molecule has 1 aliphatic carbocycles. The maximum Gasteiger partial charge on any atom is 0.0528 e. The monoisotopic (exact) mass is 225 g/mol. The normalized spacial score (nSPS) is 28.9. The van der Waals surface area contributed by atoms with Crippen LogP contribution < -0.4 is 0 Å². The van der Waals surface area contributed by atoms with Crippen molar-refractivity contribution in [2.45, 2.75) is 12.8 Å². The van der Waals surface area contributed by atoms with E-state index in [1.54, 1.807) is 0 Å². The van der Waals surface area contributed by atoms with E-state index in [2.05, 4.69) is 4.90 Å². The van der Waals surface area contributed by atoms with Crippen LogP contribution in [-0.2, 0) is 0 Å². The van der Waals surface area contributed by atoms with Gasteiger partial charge in [0.1, 0.15) is 0 Å². The lowest BCUT2D eigenvalue weighted by Gasteiger charge is -2.36. The standard InChI is InChI=1S/C13H23NO2/c1-14(2)9-5-8-13(11-16)7-4-3-6-12(13)10-15/h3-4,6-7,12,15-16H,5,8-11H2,1-2H3. The first-order valence-electron chi connectivity index (χ1n) is 5.87. The van der Waals surface area contributed by atoms with Crippen molar-refractivity contribution >= 4 is 0 Å². The van der Waals surface area contributed by atoms with E-state index in [1.165, 1.54) is 0 Å². The molecule has 0 amide bonds. The smallest absolute Gasteiger partial charge is 0.0528 e. The molecule has 0 radical (unpaired) electrons. The molecule has 2 unspecified atom stereocenters. The molecular formula is C13H23NO2. The molecule has 0 fully saturated rings. The molecule has 0 heterocycles. The lowest BCUT2D eigenvalue weighted by Crippen LogP contribution is -2.35. The van der Waals surface area contributed by atoms with Gasteiger partial charge in [-0.25, -0.2) is 0 Å². The lowest BCUT2D eigenvalue weighted by molar-refractivity contribution is 0.0773. The summed E-state index contributed by atoms with van der Waals surface area (Å²) in [4.78, 5) is 2.14. The Hall–Kier alpha value is -0.640. The second-order valence-corrected chi connectivity index (χ2v) is 4.83. The van der Waals surface area contributed by atoms with Crippen molar-refractivity contribution in [3.8, 4) is 0 Å². The molecule has 2 atom stereocenters. The average Bonchev–Trinajstić information content (AvgIpc) is 2.29. The number of nitrogens with zero attached hydrogens (tertiary/aromatic N) is 1. The van der Waals surface area contributed by atoms with Crippen LogP contribution in [-0.4, -0.2) is 49.0 Å². The molecular weight excluding hydrogens is 202 g/mol. The minimum absolute atomic E-state index is 0.0460. The van der Waals surface area contributed by atoms with Gasteiger partial charge in [0, 0.05) is 11.3 Å². The Labute approximate surface area is 98.1 Å². The van der Waals surface area contributed by atoms with Gasteiger partial charge in [-0.1, -0.05) is 24.3 Å². The van der Waals surface area contributed by atoms with Crippen LogP contribution >= 0.6 is 0 Å². The van der Waals surface area contributed by atoms with Crippen LogP contribution in [0.2, 0.25) is 0 Å². The molecule has 3 heteroatoms. The zero-order valence-corrected chi connectivity index (χ0v) is 10.3. The molecule has 0 aliphatic heterocycles. The van der Waals surface area contributed by atoms with Crippen molar-refractivity contribution in [3.05, 3.63) is 24.3 Å². The van der Waals surface area contributed by atoms with Gasteiger partial charge < -0.3 is 15.1 Å². The SMILES string of the molecule is CN(C)CCCC1(CO)C=CC=CC1CO. The molecule has 0 bridgehead atoms. The number of hydrogen-bond acceptors (Lipinski definition) is 3. The molecule has 0 spiro atoms. The van der Waals surface area contributed by atoms with Gasteiger partial charge in [-0.05, 0) is 33.5 Å². The summed E-state index contributed by atoms with van der Waals surface area (Å²) >= 11 is 0. The topological polar surface area (TPSA) is 43.7 Å². The van der Waals surface area contributed by atoms with Crippen molar-refractivity contribution in [1.29, 1.82) is 0 Å². The summed E-state index contributed by atoms with van der Waals surface area (Å²) in [6, 6.07) is 0. The van der Waals surface area contributed by atoms with E-state index in [0.717, 1.165) is 19.4 Å². The minimum Gasteiger partial charge on any atom is -0.396 e. The molecule has 0 aromatic heterocycles. The van der Waals surface area contributed by atoms with Crippen LogP contribution in [0.3, 0.4) is 0 Å². The van der Waals surface area contributed by atoms with Crippen molar-refractivity contribution in [3.63, 3.8) is 0 Å². The van der Waals surface area contributed by atoms with Crippen molar-refractivity contribution < 1.29 is 10.2 Å². The zero-order chi connectivity index (χ0) is 12.0. The predicted octanol–water partition coefficient (Wildman–Crippen LogP) is 1.04. The van der Waals surface area contributed by atoms with Crippen LogP contribution in [0.4, 0.5) is 0 Å². The fourth-order valence-electron chi connectivity index (χ4n) is 2.25. The largest absolute Gasteiger partial charge is 0.396 e. The molecule has 1 rings (SSSR count). The minimum atomic E-state index is -0.264. The summed E-state index contributed by atoms with van der Waals surface area (Å²) in [5.74, 6) is 0.0460. The Morgan fingerprint density at radius 3 is 2.56 bits per heavy atom. The Balaban J connectivity index is 2.61. The number of rotatable bonds is 6. The van der Waals surface area contributed by atoms with Gasteiger partial charge >= 0.3 is 0 Å².